The van der Waals surface area contributed by atoms with Gasteiger partial charge in [-0.25, -0.2) is 4.39 Å². The van der Waals surface area contributed by atoms with Gasteiger partial charge in [0.05, 0.1) is 0 Å². The van der Waals surface area contributed by atoms with Crippen LogP contribution >= 0.6 is 11.3 Å². The first kappa shape index (κ1) is 13.1. The summed E-state index contributed by atoms with van der Waals surface area (Å²) in [5, 5.41) is 1.18. The standard InChI is InChI=1S/C16H14FNOS/c17-12-4-2-5-13(7-12)19-10-14-8-15-11(9-18)3-1-6-16(15)20-14/h1-8H,9-10,18H2. The molecule has 1 heterocycles. The molecule has 20 heavy (non-hydrogen) atoms. The summed E-state index contributed by atoms with van der Waals surface area (Å²) >= 11 is 1.68. The molecule has 3 rings (SSSR count). The minimum absolute atomic E-state index is 0.288. The molecule has 1 aromatic heterocycles. The van der Waals surface area contributed by atoms with Gasteiger partial charge < -0.3 is 10.5 Å². The summed E-state index contributed by atoms with van der Waals surface area (Å²) in [5.74, 6) is 0.255. The van der Waals surface area contributed by atoms with Crippen LogP contribution in [0.1, 0.15) is 10.4 Å². The average molecular weight is 287 g/mol. The number of rotatable bonds is 4. The smallest absolute Gasteiger partial charge is 0.126 e. The molecular weight excluding hydrogens is 273 g/mol. The number of nitrogens with two attached hydrogens (primary N) is 1. The molecule has 2 nitrogen and oxygen atoms in total. The number of fused-ring (bicyclic) bond motifs is 1. The van der Waals surface area contributed by atoms with Gasteiger partial charge in [0.2, 0.25) is 0 Å². The van der Waals surface area contributed by atoms with Gasteiger partial charge >= 0.3 is 0 Å². The molecule has 2 aromatic carbocycles. The van der Waals surface area contributed by atoms with Crippen molar-refractivity contribution < 1.29 is 9.13 Å². The van der Waals surface area contributed by atoms with Gasteiger partial charge in [-0.3, -0.25) is 0 Å². The lowest BCUT2D eigenvalue weighted by Gasteiger charge is -2.03. The third-order valence-corrected chi connectivity index (χ3v) is 4.17. The second-order valence-electron chi connectivity index (χ2n) is 4.49. The summed E-state index contributed by atoms with van der Waals surface area (Å²) in [6.07, 6.45) is 0. The highest BCUT2D eigenvalue weighted by Gasteiger charge is 2.06. The Labute approximate surface area is 120 Å². The van der Waals surface area contributed by atoms with E-state index >= 15 is 0 Å². The molecule has 0 saturated heterocycles. The summed E-state index contributed by atoms with van der Waals surface area (Å²) in [4.78, 5) is 1.10. The predicted octanol–water partition coefficient (Wildman–Crippen LogP) is 4.08. The quantitative estimate of drug-likeness (QED) is 0.784. The van der Waals surface area contributed by atoms with E-state index in [1.807, 2.05) is 12.1 Å². The molecule has 0 spiro atoms. The van der Waals surface area contributed by atoms with Crippen LogP contribution in [0.5, 0.6) is 5.75 Å². The van der Waals surface area contributed by atoms with Gasteiger partial charge in [-0.1, -0.05) is 18.2 Å². The maximum atomic E-state index is 13.1. The summed E-state index contributed by atoms with van der Waals surface area (Å²) in [5.41, 5.74) is 6.87. The normalized spacial score (nSPS) is 10.9. The molecule has 0 radical (unpaired) electrons. The Kier molecular flexibility index (Phi) is 3.67. The largest absolute Gasteiger partial charge is 0.488 e. The van der Waals surface area contributed by atoms with Crippen molar-refractivity contribution in [3.05, 3.63) is 64.8 Å². The number of halogens is 1. The van der Waals surface area contributed by atoms with Crippen molar-refractivity contribution in [2.75, 3.05) is 0 Å². The molecule has 0 aliphatic rings. The van der Waals surface area contributed by atoms with Crippen LogP contribution in [-0.4, -0.2) is 0 Å². The summed E-state index contributed by atoms with van der Waals surface area (Å²) < 4.78 is 19.9. The van der Waals surface area contributed by atoms with E-state index in [1.54, 1.807) is 23.5 Å². The Balaban J connectivity index is 1.81. The number of hydrogen-bond acceptors (Lipinski definition) is 3. The van der Waals surface area contributed by atoms with Gasteiger partial charge in [-0.2, -0.15) is 0 Å². The lowest BCUT2D eigenvalue weighted by Crippen LogP contribution is -1.95. The number of ether oxygens (including phenoxy) is 1. The minimum Gasteiger partial charge on any atom is -0.488 e. The van der Waals surface area contributed by atoms with Crippen molar-refractivity contribution in [1.29, 1.82) is 0 Å². The molecule has 2 N–H and O–H groups in total. The van der Waals surface area contributed by atoms with E-state index in [0.29, 0.717) is 18.9 Å². The first-order chi connectivity index (χ1) is 9.76. The minimum atomic E-state index is -0.288. The topological polar surface area (TPSA) is 35.2 Å². The van der Waals surface area contributed by atoms with Crippen molar-refractivity contribution in [3.8, 4) is 5.75 Å². The van der Waals surface area contributed by atoms with Gasteiger partial charge in [-0.15, -0.1) is 11.3 Å². The van der Waals surface area contributed by atoms with E-state index in [4.69, 9.17) is 10.5 Å². The predicted molar refractivity (Wildman–Crippen MR) is 80.4 cm³/mol. The van der Waals surface area contributed by atoms with Crippen LogP contribution < -0.4 is 10.5 Å². The fourth-order valence-corrected chi connectivity index (χ4v) is 3.16. The Morgan fingerprint density at radius 3 is 2.75 bits per heavy atom. The third-order valence-electron chi connectivity index (χ3n) is 3.10. The van der Waals surface area contributed by atoms with Gasteiger partial charge in [0.1, 0.15) is 18.2 Å². The Morgan fingerprint density at radius 2 is 1.95 bits per heavy atom. The molecule has 0 saturated carbocycles. The molecule has 102 valence electrons. The van der Waals surface area contributed by atoms with Crippen LogP contribution in [0, 0.1) is 5.82 Å². The Bertz CT molecular complexity index is 738. The fraction of sp³-hybridized carbons (Fsp3) is 0.125. The van der Waals surface area contributed by atoms with E-state index in [2.05, 4.69) is 12.1 Å². The van der Waals surface area contributed by atoms with Crippen molar-refractivity contribution in [2.24, 2.45) is 5.73 Å². The monoisotopic (exact) mass is 287 g/mol. The van der Waals surface area contributed by atoms with Gasteiger partial charge in [0.15, 0.2) is 0 Å². The first-order valence-corrected chi connectivity index (χ1v) is 7.16. The number of thiophene rings is 1. The lowest BCUT2D eigenvalue weighted by molar-refractivity contribution is 0.308. The molecule has 0 fully saturated rings. The third kappa shape index (κ3) is 2.66. The van der Waals surface area contributed by atoms with Gasteiger partial charge in [-0.05, 0) is 35.2 Å². The van der Waals surface area contributed by atoms with E-state index in [-0.39, 0.29) is 5.82 Å². The van der Waals surface area contributed by atoms with Gasteiger partial charge in [0.25, 0.3) is 0 Å². The van der Waals surface area contributed by atoms with Crippen molar-refractivity contribution >= 4 is 21.4 Å². The molecule has 3 aromatic rings. The molecule has 0 aliphatic heterocycles. The van der Waals surface area contributed by atoms with Crippen molar-refractivity contribution in [1.82, 2.24) is 0 Å². The molecule has 0 unspecified atom stereocenters. The highest BCUT2D eigenvalue weighted by Crippen LogP contribution is 2.29. The van der Waals surface area contributed by atoms with Gasteiger partial charge in [0, 0.05) is 22.2 Å². The van der Waals surface area contributed by atoms with Crippen LogP contribution in [0.25, 0.3) is 10.1 Å². The van der Waals surface area contributed by atoms with Crippen molar-refractivity contribution in [3.63, 3.8) is 0 Å². The SMILES string of the molecule is NCc1cccc2sc(COc3cccc(F)c3)cc12. The lowest BCUT2D eigenvalue weighted by atomic mass is 10.1. The number of benzene rings is 2. The van der Waals surface area contributed by atoms with E-state index < -0.39 is 0 Å². The first-order valence-electron chi connectivity index (χ1n) is 6.35. The summed E-state index contributed by atoms with van der Waals surface area (Å²) in [7, 11) is 0. The van der Waals surface area contributed by atoms with Crippen LogP contribution in [0.4, 0.5) is 4.39 Å². The van der Waals surface area contributed by atoms with Crippen molar-refractivity contribution in [2.45, 2.75) is 13.2 Å². The van der Waals surface area contributed by atoms with E-state index in [1.165, 1.54) is 22.2 Å². The highest BCUT2D eigenvalue weighted by molar-refractivity contribution is 7.19. The maximum absolute atomic E-state index is 13.1. The highest BCUT2D eigenvalue weighted by atomic mass is 32.1. The van der Waals surface area contributed by atoms with E-state index in [0.717, 1.165) is 10.4 Å². The Morgan fingerprint density at radius 1 is 1.10 bits per heavy atom. The van der Waals surface area contributed by atoms with Crippen LogP contribution in [0.15, 0.2) is 48.5 Å². The maximum Gasteiger partial charge on any atom is 0.126 e. The zero-order valence-electron chi connectivity index (χ0n) is 10.8. The van der Waals surface area contributed by atoms with Crippen LogP contribution in [0.2, 0.25) is 0 Å². The van der Waals surface area contributed by atoms with E-state index in [9.17, 15) is 4.39 Å². The summed E-state index contributed by atoms with van der Waals surface area (Å²) in [6.45, 7) is 0.963. The Hall–Kier alpha value is -1.91. The molecule has 0 amide bonds. The second kappa shape index (κ2) is 5.61. The molecule has 4 heteroatoms. The zero-order chi connectivity index (χ0) is 13.9. The fourth-order valence-electron chi connectivity index (χ4n) is 2.13. The molecule has 0 bridgehead atoms. The molecular formula is C16H14FNOS. The average Bonchev–Trinajstić information content (AvgIpc) is 2.88. The van der Waals surface area contributed by atoms with Crippen LogP contribution in [-0.2, 0) is 13.2 Å². The molecule has 0 aliphatic carbocycles. The number of hydrogen-bond donors (Lipinski definition) is 1. The van der Waals surface area contributed by atoms with Crippen LogP contribution in [0.3, 0.4) is 0 Å². The molecule has 0 atom stereocenters. The summed E-state index contributed by atoms with van der Waals surface area (Å²) in [6, 6.07) is 14.4. The zero-order valence-corrected chi connectivity index (χ0v) is 11.6. The second-order valence-corrected chi connectivity index (χ2v) is 5.66.